The first-order valence-electron chi connectivity index (χ1n) is 7.75. The van der Waals surface area contributed by atoms with Crippen LogP contribution in [0.2, 0.25) is 0 Å². The first-order valence-corrected chi connectivity index (χ1v) is 8.73. The van der Waals surface area contributed by atoms with E-state index in [4.69, 9.17) is 0 Å². The summed E-state index contributed by atoms with van der Waals surface area (Å²) in [7, 11) is 0. The summed E-state index contributed by atoms with van der Waals surface area (Å²) in [5.74, 6) is 1.56. The summed E-state index contributed by atoms with van der Waals surface area (Å²) in [4.78, 5) is 15.6. The topological polar surface area (TPSA) is 20.3 Å². The summed E-state index contributed by atoms with van der Waals surface area (Å²) in [5.41, 5.74) is 3.00. The number of nitrogens with zero attached hydrogens (tertiary/aromatic N) is 1. The maximum absolute atomic E-state index is 12.3. The van der Waals surface area contributed by atoms with E-state index < -0.39 is 0 Å². The van der Waals surface area contributed by atoms with Gasteiger partial charge in [-0.3, -0.25) is 4.79 Å². The minimum Gasteiger partial charge on any atom is -0.342 e. The number of hydrogen-bond acceptors (Lipinski definition) is 2. The molecule has 1 amide bonds. The zero-order chi connectivity index (χ0) is 13.9. The smallest absolute Gasteiger partial charge is 0.232 e. The zero-order valence-electron chi connectivity index (χ0n) is 12.2. The van der Waals surface area contributed by atoms with Gasteiger partial charge in [0.2, 0.25) is 5.91 Å². The van der Waals surface area contributed by atoms with E-state index in [1.165, 1.54) is 41.7 Å². The number of benzene rings is 1. The van der Waals surface area contributed by atoms with E-state index in [-0.39, 0.29) is 0 Å². The molecule has 2 aliphatic rings. The number of thioether (sulfide) groups is 1. The van der Waals surface area contributed by atoms with E-state index in [1.54, 1.807) is 11.8 Å². The number of aryl methyl sites for hydroxylation is 2. The molecule has 1 unspecified atom stereocenters. The molecule has 0 radical (unpaired) electrons. The Balaban J connectivity index is 1.55. The Kier molecular flexibility index (Phi) is 4.35. The Hall–Kier alpha value is -0.960. The van der Waals surface area contributed by atoms with Crippen LogP contribution in [0.15, 0.2) is 23.1 Å². The van der Waals surface area contributed by atoms with Crippen molar-refractivity contribution in [2.75, 3.05) is 18.8 Å². The van der Waals surface area contributed by atoms with Crippen molar-refractivity contribution in [3.8, 4) is 0 Å². The highest BCUT2D eigenvalue weighted by molar-refractivity contribution is 8.00. The van der Waals surface area contributed by atoms with Crippen molar-refractivity contribution in [2.24, 2.45) is 5.92 Å². The van der Waals surface area contributed by atoms with Crippen molar-refractivity contribution in [3.63, 3.8) is 0 Å². The molecule has 0 bridgehead atoms. The third-order valence-electron chi connectivity index (χ3n) is 4.44. The highest BCUT2D eigenvalue weighted by atomic mass is 32.2. The number of carbonyl (C=O) groups excluding carboxylic acids is 1. The maximum Gasteiger partial charge on any atom is 0.232 e. The number of fused-ring (bicyclic) bond motifs is 1. The second kappa shape index (κ2) is 6.21. The van der Waals surface area contributed by atoms with Gasteiger partial charge in [0.25, 0.3) is 0 Å². The Morgan fingerprint density at radius 1 is 1.30 bits per heavy atom. The standard InChI is InChI=1S/C17H23NOS/c1-13-4-3-9-18(11-13)17(19)12-20-16-8-7-14-5-2-6-15(14)10-16/h7-8,10,13H,2-6,9,11-12H2,1H3. The van der Waals surface area contributed by atoms with Gasteiger partial charge in [0.05, 0.1) is 5.75 Å². The summed E-state index contributed by atoms with van der Waals surface area (Å²) in [6.07, 6.45) is 6.15. The molecule has 1 heterocycles. The first-order chi connectivity index (χ1) is 9.72. The van der Waals surface area contributed by atoms with Crippen molar-refractivity contribution in [3.05, 3.63) is 29.3 Å². The molecule has 108 valence electrons. The third-order valence-corrected chi connectivity index (χ3v) is 5.42. The van der Waals surface area contributed by atoms with Crippen LogP contribution in [0.1, 0.15) is 37.3 Å². The molecule has 0 saturated carbocycles. The highest BCUT2D eigenvalue weighted by Crippen LogP contribution is 2.28. The quantitative estimate of drug-likeness (QED) is 0.794. The van der Waals surface area contributed by atoms with Crippen LogP contribution in [0, 0.1) is 5.92 Å². The van der Waals surface area contributed by atoms with E-state index >= 15 is 0 Å². The molecule has 0 N–H and O–H groups in total. The molecular formula is C17H23NOS. The SMILES string of the molecule is CC1CCCN(C(=O)CSc2ccc3c(c2)CCC3)C1. The normalized spacial score (nSPS) is 21.9. The molecule has 1 aliphatic heterocycles. The van der Waals surface area contributed by atoms with Gasteiger partial charge < -0.3 is 4.90 Å². The van der Waals surface area contributed by atoms with E-state index in [2.05, 4.69) is 30.0 Å². The molecule has 2 nitrogen and oxygen atoms in total. The summed E-state index contributed by atoms with van der Waals surface area (Å²) < 4.78 is 0. The van der Waals surface area contributed by atoms with Gasteiger partial charge in [-0.05, 0) is 61.3 Å². The Labute approximate surface area is 125 Å². The summed E-state index contributed by atoms with van der Waals surface area (Å²) in [6, 6.07) is 6.72. The molecule has 1 aliphatic carbocycles. The molecule has 1 atom stereocenters. The van der Waals surface area contributed by atoms with Crippen LogP contribution in [-0.2, 0) is 17.6 Å². The summed E-state index contributed by atoms with van der Waals surface area (Å²) >= 11 is 1.70. The van der Waals surface area contributed by atoms with Crippen LogP contribution >= 0.6 is 11.8 Å². The molecule has 0 spiro atoms. The number of likely N-dealkylation sites (tertiary alicyclic amines) is 1. The number of amides is 1. The average molecular weight is 289 g/mol. The lowest BCUT2D eigenvalue weighted by Gasteiger charge is -2.30. The third kappa shape index (κ3) is 3.20. The minimum absolute atomic E-state index is 0.307. The monoisotopic (exact) mass is 289 g/mol. The van der Waals surface area contributed by atoms with Gasteiger partial charge in [0.15, 0.2) is 0 Å². The maximum atomic E-state index is 12.3. The van der Waals surface area contributed by atoms with Crippen LogP contribution in [0.4, 0.5) is 0 Å². The Morgan fingerprint density at radius 2 is 2.15 bits per heavy atom. The molecular weight excluding hydrogens is 266 g/mol. The average Bonchev–Trinajstić information content (AvgIpc) is 2.92. The van der Waals surface area contributed by atoms with Gasteiger partial charge in [-0.15, -0.1) is 11.8 Å². The van der Waals surface area contributed by atoms with E-state index in [9.17, 15) is 4.79 Å². The second-order valence-electron chi connectivity index (χ2n) is 6.16. The van der Waals surface area contributed by atoms with Crippen LogP contribution in [0.25, 0.3) is 0 Å². The van der Waals surface area contributed by atoms with Gasteiger partial charge >= 0.3 is 0 Å². The molecule has 3 heteroatoms. The van der Waals surface area contributed by atoms with Crippen LogP contribution < -0.4 is 0 Å². The van der Waals surface area contributed by atoms with Gasteiger partial charge in [-0.2, -0.15) is 0 Å². The predicted octanol–water partition coefficient (Wildman–Crippen LogP) is 3.53. The lowest BCUT2D eigenvalue weighted by molar-refractivity contribution is -0.130. The zero-order valence-corrected chi connectivity index (χ0v) is 13.0. The molecule has 3 rings (SSSR count). The fraction of sp³-hybridized carbons (Fsp3) is 0.588. The van der Waals surface area contributed by atoms with Crippen molar-refractivity contribution in [1.29, 1.82) is 0 Å². The lowest BCUT2D eigenvalue weighted by atomic mass is 10.0. The largest absolute Gasteiger partial charge is 0.342 e. The van der Waals surface area contributed by atoms with Gasteiger partial charge in [0, 0.05) is 18.0 Å². The van der Waals surface area contributed by atoms with Crippen LogP contribution in [-0.4, -0.2) is 29.6 Å². The molecule has 1 aromatic rings. The van der Waals surface area contributed by atoms with Crippen molar-refractivity contribution < 1.29 is 4.79 Å². The number of rotatable bonds is 3. The Morgan fingerprint density at radius 3 is 3.00 bits per heavy atom. The van der Waals surface area contributed by atoms with Crippen LogP contribution in [0.3, 0.4) is 0 Å². The predicted molar refractivity (Wildman–Crippen MR) is 84.2 cm³/mol. The highest BCUT2D eigenvalue weighted by Gasteiger charge is 2.21. The van der Waals surface area contributed by atoms with Crippen LogP contribution in [0.5, 0.6) is 0 Å². The lowest BCUT2D eigenvalue weighted by Crippen LogP contribution is -2.40. The molecule has 20 heavy (non-hydrogen) atoms. The van der Waals surface area contributed by atoms with E-state index in [1.807, 2.05) is 0 Å². The molecule has 0 aromatic heterocycles. The molecule has 1 fully saturated rings. The number of carbonyl (C=O) groups is 1. The number of hydrogen-bond donors (Lipinski definition) is 0. The summed E-state index contributed by atoms with van der Waals surface area (Å²) in [5, 5.41) is 0. The van der Waals surface area contributed by atoms with Crippen molar-refractivity contribution in [1.82, 2.24) is 4.90 Å². The Bertz CT molecular complexity index is 500. The fourth-order valence-electron chi connectivity index (χ4n) is 3.29. The minimum atomic E-state index is 0.307. The fourth-order valence-corrected chi connectivity index (χ4v) is 4.15. The van der Waals surface area contributed by atoms with Gasteiger partial charge in [-0.1, -0.05) is 13.0 Å². The molecule has 1 aromatic carbocycles. The van der Waals surface area contributed by atoms with Gasteiger partial charge in [0.1, 0.15) is 0 Å². The van der Waals surface area contributed by atoms with Gasteiger partial charge in [-0.25, -0.2) is 0 Å². The first kappa shape index (κ1) is 14.0. The number of piperidine rings is 1. The van der Waals surface area contributed by atoms with E-state index in [0.29, 0.717) is 17.6 Å². The summed E-state index contributed by atoms with van der Waals surface area (Å²) in [6.45, 7) is 4.14. The molecule has 1 saturated heterocycles. The van der Waals surface area contributed by atoms with Crippen molar-refractivity contribution >= 4 is 17.7 Å². The second-order valence-corrected chi connectivity index (χ2v) is 7.21. The van der Waals surface area contributed by atoms with E-state index in [0.717, 1.165) is 19.5 Å². The van der Waals surface area contributed by atoms with Crippen molar-refractivity contribution in [2.45, 2.75) is 43.9 Å².